The molecule has 2 aromatic carbocycles. The van der Waals surface area contributed by atoms with Crippen molar-refractivity contribution < 1.29 is 14.0 Å². The van der Waals surface area contributed by atoms with Crippen molar-refractivity contribution in [3.05, 3.63) is 89.5 Å². The summed E-state index contributed by atoms with van der Waals surface area (Å²) in [6.45, 7) is 4.08. The van der Waals surface area contributed by atoms with Crippen molar-refractivity contribution in [3.8, 4) is 0 Å². The van der Waals surface area contributed by atoms with Gasteiger partial charge in [-0.1, -0.05) is 38.1 Å². The normalized spacial score (nSPS) is 10.6. The molecule has 1 aromatic heterocycles. The third kappa shape index (κ3) is 4.59. The molecule has 0 unspecified atom stereocenters. The van der Waals surface area contributed by atoms with E-state index in [4.69, 9.17) is 0 Å². The van der Waals surface area contributed by atoms with Crippen LogP contribution in [-0.4, -0.2) is 16.8 Å². The Hall–Kier alpha value is -3.54. The van der Waals surface area contributed by atoms with Gasteiger partial charge < -0.3 is 10.6 Å². The van der Waals surface area contributed by atoms with Gasteiger partial charge in [-0.15, -0.1) is 0 Å². The van der Waals surface area contributed by atoms with Gasteiger partial charge in [0.2, 0.25) is 0 Å². The average molecular weight is 377 g/mol. The minimum atomic E-state index is -0.454. The second-order valence-corrected chi connectivity index (χ2v) is 6.59. The van der Waals surface area contributed by atoms with E-state index in [0.29, 0.717) is 11.4 Å². The predicted octanol–water partition coefficient (Wildman–Crippen LogP) is 4.85. The van der Waals surface area contributed by atoms with Gasteiger partial charge in [-0.3, -0.25) is 14.6 Å². The van der Waals surface area contributed by atoms with Crippen LogP contribution in [0.3, 0.4) is 0 Å². The number of anilines is 2. The molecule has 5 nitrogen and oxygen atoms in total. The van der Waals surface area contributed by atoms with Crippen LogP contribution in [0.15, 0.2) is 66.9 Å². The molecule has 0 bridgehead atoms. The number of halogens is 1. The van der Waals surface area contributed by atoms with E-state index in [0.717, 1.165) is 5.56 Å². The molecular weight excluding hydrogens is 357 g/mol. The number of para-hydroxylation sites is 1. The van der Waals surface area contributed by atoms with Crippen molar-refractivity contribution in [3.63, 3.8) is 0 Å². The van der Waals surface area contributed by atoms with Crippen molar-refractivity contribution in [2.24, 2.45) is 0 Å². The lowest BCUT2D eigenvalue weighted by molar-refractivity contribution is 0.102. The first kappa shape index (κ1) is 19.2. The van der Waals surface area contributed by atoms with E-state index in [9.17, 15) is 14.0 Å². The van der Waals surface area contributed by atoms with E-state index in [1.807, 2.05) is 38.1 Å². The third-order valence-electron chi connectivity index (χ3n) is 4.17. The molecule has 0 atom stereocenters. The van der Waals surface area contributed by atoms with E-state index in [1.165, 1.54) is 36.5 Å². The number of nitrogens with zero attached hydrogens (tertiary/aromatic N) is 1. The molecule has 28 heavy (non-hydrogen) atoms. The highest BCUT2D eigenvalue weighted by molar-refractivity contribution is 6.08. The standard InChI is InChI=1S/C22H20FN3O2/c1-14(2)18-8-3-4-9-19(18)26-22(28)20-12-15(10-11-24-20)21(27)25-17-7-5-6-16(23)13-17/h3-14H,1-2H3,(H,25,27)(H,26,28). The fraction of sp³-hybridized carbons (Fsp3) is 0.136. The molecule has 0 aliphatic heterocycles. The summed E-state index contributed by atoms with van der Waals surface area (Å²) >= 11 is 0. The van der Waals surface area contributed by atoms with Crippen LogP contribution in [0.2, 0.25) is 0 Å². The number of rotatable bonds is 5. The molecule has 0 spiro atoms. The molecule has 142 valence electrons. The van der Waals surface area contributed by atoms with Gasteiger partial charge in [0.1, 0.15) is 11.5 Å². The second-order valence-electron chi connectivity index (χ2n) is 6.59. The van der Waals surface area contributed by atoms with E-state index in [1.54, 1.807) is 6.07 Å². The molecule has 0 aliphatic rings. The molecule has 0 aliphatic carbocycles. The maximum atomic E-state index is 13.3. The van der Waals surface area contributed by atoms with Crippen LogP contribution in [0.5, 0.6) is 0 Å². The number of benzene rings is 2. The molecular formula is C22H20FN3O2. The summed E-state index contributed by atoms with van der Waals surface area (Å²) in [4.78, 5) is 29.1. The molecule has 2 N–H and O–H groups in total. The highest BCUT2D eigenvalue weighted by Gasteiger charge is 2.14. The summed E-state index contributed by atoms with van der Waals surface area (Å²) in [6.07, 6.45) is 1.39. The van der Waals surface area contributed by atoms with Gasteiger partial charge in [-0.2, -0.15) is 0 Å². The molecule has 2 amide bonds. The number of aromatic nitrogens is 1. The Morgan fingerprint density at radius 3 is 2.46 bits per heavy atom. The smallest absolute Gasteiger partial charge is 0.274 e. The summed E-state index contributed by atoms with van der Waals surface area (Å²) in [5, 5.41) is 5.45. The number of hydrogen-bond donors (Lipinski definition) is 2. The fourth-order valence-corrected chi connectivity index (χ4v) is 2.77. The third-order valence-corrected chi connectivity index (χ3v) is 4.17. The molecule has 0 radical (unpaired) electrons. The fourth-order valence-electron chi connectivity index (χ4n) is 2.77. The number of pyridine rings is 1. The highest BCUT2D eigenvalue weighted by atomic mass is 19.1. The van der Waals surface area contributed by atoms with Crippen LogP contribution in [0.4, 0.5) is 15.8 Å². The summed E-state index contributed by atoms with van der Waals surface area (Å²) in [5.41, 5.74) is 2.42. The zero-order chi connectivity index (χ0) is 20.1. The zero-order valence-corrected chi connectivity index (χ0v) is 15.6. The molecule has 1 heterocycles. The quantitative estimate of drug-likeness (QED) is 0.668. The van der Waals surface area contributed by atoms with Gasteiger partial charge in [0.15, 0.2) is 0 Å². The predicted molar refractivity (Wildman–Crippen MR) is 107 cm³/mol. The van der Waals surface area contributed by atoms with Crippen molar-refractivity contribution in [1.82, 2.24) is 4.98 Å². The first-order valence-corrected chi connectivity index (χ1v) is 8.87. The second kappa shape index (κ2) is 8.43. The average Bonchev–Trinajstić information content (AvgIpc) is 2.68. The van der Waals surface area contributed by atoms with Gasteiger partial charge in [0.05, 0.1) is 0 Å². The Labute approximate surface area is 162 Å². The van der Waals surface area contributed by atoms with E-state index >= 15 is 0 Å². The van der Waals surface area contributed by atoms with Gasteiger partial charge >= 0.3 is 0 Å². The van der Waals surface area contributed by atoms with Gasteiger partial charge in [0.25, 0.3) is 11.8 Å². The van der Waals surface area contributed by atoms with Crippen LogP contribution in [0, 0.1) is 5.82 Å². The lowest BCUT2D eigenvalue weighted by atomic mass is 10.0. The number of hydrogen-bond acceptors (Lipinski definition) is 3. The van der Waals surface area contributed by atoms with Crippen LogP contribution in [0.25, 0.3) is 0 Å². The highest BCUT2D eigenvalue weighted by Crippen LogP contribution is 2.24. The molecule has 6 heteroatoms. The molecule has 0 saturated heterocycles. The summed E-state index contributed by atoms with van der Waals surface area (Å²) < 4.78 is 13.3. The Balaban J connectivity index is 1.77. The van der Waals surface area contributed by atoms with E-state index in [-0.39, 0.29) is 17.2 Å². The first-order chi connectivity index (χ1) is 13.4. The molecule has 3 aromatic rings. The summed E-state index contributed by atoms with van der Waals surface area (Å²) in [5.74, 6) is -1.07. The largest absolute Gasteiger partial charge is 0.322 e. The SMILES string of the molecule is CC(C)c1ccccc1NC(=O)c1cc(C(=O)Nc2cccc(F)c2)ccn1. The molecule has 3 rings (SSSR count). The molecule has 0 fully saturated rings. The Kier molecular flexibility index (Phi) is 5.79. The van der Waals surface area contributed by atoms with Crippen molar-refractivity contribution in [2.75, 3.05) is 10.6 Å². The first-order valence-electron chi connectivity index (χ1n) is 8.87. The zero-order valence-electron chi connectivity index (χ0n) is 15.6. The number of amides is 2. The van der Waals surface area contributed by atoms with E-state index < -0.39 is 17.6 Å². The topological polar surface area (TPSA) is 71.1 Å². The minimum Gasteiger partial charge on any atom is -0.322 e. The van der Waals surface area contributed by atoms with Crippen molar-refractivity contribution in [1.29, 1.82) is 0 Å². The Morgan fingerprint density at radius 1 is 0.929 bits per heavy atom. The summed E-state index contributed by atoms with van der Waals surface area (Å²) in [7, 11) is 0. The number of nitrogens with one attached hydrogen (secondary N) is 2. The van der Waals surface area contributed by atoms with Gasteiger partial charge in [-0.25, -0.2) is 4.39 Å². The minimum absolute atomic E-state index is 0.116. The van der Waals surface area contributed by atoms with Crippen LogP contribution in [0.1, 0.15) is 46.2 Å². The summed E-state index contributed by atoms with van der Waals surface area (Å²) in [6, 6.07) is 16.0. The van der Waals surface area contributed by atoms with Crippen molar-refractivity contribution >= 4 is 23.2 Å². The monoisotopic (exact) mass is 377 g/mol. The van der Waals surface area contributed by atoms with Crippen LogP contribution >= 0.6 is 0 Å². The molecule has 0 saturated carbocycles. The number of carbonyl (C=O) groups excluding carboxylic acids is 2. The van der Waals surface area contributed by atoms with Crippen LogP contribution in [-0.2, 0) is 0 Å². The maximum Gasteiger partial charge on any atom is 0.274 e. The maximum absolute atomic E-state index is 13.3. The van der Waals surface area contributed by atoms with Crippen molar-refractivity contribution in [2.45, 2.75) is 19.8 Å². The van der Waals surface area contributed by atoms with Gasteiger partial charge in [0, 0.05) is 23.1 Å². The lowest BCUT2D eigenvalue weighted by Gasteiger charge is -2.13. The van der Waals surface area contributed by atoms with E-state index in [2.05, 4.69) is 15.6 Å². The van der Waals surface area contributed by atoms with Crippen LogP contribution < -0.4 is 10.6 Å². The Bertz CT molecular complexity index is 1020. The lowest BCUT2D eigenvalue weighted by Crippen LogP contribution is -2.17. The van der Waals surface area contributed by atoms with Gasteiger partial charge in [-0.05, 0) is 47.9 Å². The Morgan fingerprint density at radius 2 is 1.71 bits per heavy atom. The number of carbonyl (C=O) groups is 2.